The maximum absolute atomic E-state index is 13.5. The van der Waals surface area contributed by atoms with Crippen molar-refractivity contribution < 1.29 is 8.60 Å². The lowest BCUT2D eigenvalue weighted by Crippen LogP contribution is -2.21. The van der Waals surface area contributed by atoms with Crippen LogP contribution in [0.15, 0.2) is 18.2 Å². The molecule has 2 atom stereocenters. The van der Waals surface area contributed by atoms with E-state index in [9.17, 15) is 8.60 Å². The van der Waals surface area contributed by atoms with Crippen LogP contribution in [0.2, 0.25) is 5.02 Å². The predicted octanol–water partition coefficient (Wildman–Crippen LogP) is 2.73. The van der Waals surface area contributed by atoms with Gasteiger partial charge in [-0.05, 0) is 19.0 Å². The van der Waals surface area contributed by atoms with Gasteiger partial charge in [-0.1, -0.05) is 30.7 Å². The summed E-state index contributed by atoms with van der Waals surface area (Å²) in [5.74, 6) is -0.367. The summed E-state index contributed by atoms with van der Waals surface area (Å²) in [4.78, 5) is 0. The van der Waals surface area contributed by atoms with Crippen LogP contribution in [0, 0.1) is 5.82 Å². The van der Waals surface area contributed by atoms with E-state index < -0.39 is 10.8 Å². The standard InChI is InChI=1S/C12H17ClFNOS/c1-9(17(2)16)6-7-15-8-10-4-3-5-11(13)12(10)14/h3-5,9,15H,6-8H2,1-2H3. The quantitative estimate of drug-likeness (QED) is 0.810. The Morgan fingerprint density at radius 1 is 1.53 bits per heavy atom. The third kappa shape index (κ3) is 4.74. The molecule has 96 valence electrons. The minimum atomic E-state index is -0.802. The van der Waals surface area contributed by atoms with E-state index in [1.807, 2.05) is 6.92 Å². The lowest BCUT2D eigenvalue weighted by molar-refractivity contribution is 0.579. The van der Waals surface area contributed by atoms with Crippen molar-refractivity contribution in [3.05, 3.63) is 34.6 Å². The number of benzene rings is 1. The Morgan fingerprint density at radius 3 is 2.88 bits per heavy atom. The molecule has 0 aliphatic rings. The van der Waals surface area contributed by atoms with Gasteiger partial charge in [0.1, 0.15) is 5.82 Å². The molecule has 0 aromatic heterocycles. The molecule has 2 unspecified atom stereocenters. The van der Waals surface area contributed by atoms with Crippen LogP contribution in [0.25, 0.3) is 0 Å². The molecule has 0 spiro atoms. The lowest BCUT2D eigenvalue weighted by Gasteiger charge is -2.10. The van der Waals surface area contributed by atoms with Crippen molar-refractivity contribution in [2.24, 2.45) is 0 Å². The van der Waals surface area contributed by atoms with Crippen molar-refractivity contribution in [2.75, 3.05) is 12.8 Å². The Bertz CT molecular complexity index is 400. The van der Waals surface area contributed by atoms with Crippen molar-refractivity contribution in [2.45, 2.75) is 25.1 Å². The Kier molecular flexibility index (Phi) is 6.09. The molecule has 0 saturated heterocycles. The van der Waals surface area contributed by atoms with Crippen LogP contribution in [0.4, 0.5) is 4.39 Å². The van der Waals surface area contributed by atoms with Crippen molar-refractivity contribution in [1.82, 2.24) is 5.32 Å². The molecular formula is C12H17ClFNOS. The molecule has 2 nitrogen and oxygen atoms in total. The molecule has 0 heterocycles. The van der Waals surface area contributed by atoms with Crippen LogP contribution >= 0.6 is 11.6 Å². The van der Waals surface area contributed by atoms with Crippen LogP contribution in [0.3, 0.4) is 0 Å². The summed E-state index contributed by atoms with van der Waals surface area (Å²) in [5, 5.41) is 3.43. The van der Waals surface area contributed by atoms with Gasteiger partial charge < -0.3 is 5.32 Å². The number of halogens is 2. The summed E-state index contributed by atoms with van der Waals surface area (Å²) < 4.78 is 24.6. The first-order chi connectivity index (χ1) is 8.02. The summed E-state index contributed by atoms with van der Waals surface area (Å²) in [6, 6.07) is 4.96. The normalized spacial score (nSPS) is 14.6. The minimum Gasteiger partial charge on any atom is -0.313 e. The Balaban J connectivity index is 2.36. The maximum atomic E-state index is 13.5. The van der Waals surface area contributed by atoms with Gasteiger partial charge in [-0.15, -0.1) is 0 Å². The monoisotopic (exact) mass is 277 g/mol. The van der Waals surface area contributed by atoms with Crippen LogP contribution in [-0.4, -0.2) is 22.3 Å². The van der Waals surface area contributed by atoms with Crippen molar-refractivity contribution in [3.8, 4) is 0 Å². The minimum absolute atomic E-state index is 0.146. The summed E-state index contributed by atoms with van der Waals surface area (Å²) in [6.07, 6.45) is 2.51. The Morgan fingerprint density at radius 2 is 2.24 bits per heavy atom. The van der Waals surface area contributed by atoms with Gasteiger partial charge >= 0.3 is 0 Å². The van der Waals surface area contributed by atoms with Gasteiger partial charge in [-0.3, -0.25) is 4.21 Å². The summed E-state index contributed by atoms with van der Waals surface area (Å²) in [5.41, 5.74) is 0.558. The fourth-order valence-electron chi connectivity index (χ4n) is 1.38. The zero-order chi connectivity index (χ0) is 12.8. The first-order valence-corrected chi connectivity index (χ1v) is 7.48. The molecular weight excluding hydrogens is 261 g/mol. The number of rotatable bonds is 6. The largest absolute Gasteiger partial charge is 0.313 e. The molecule has 1 rings (SSSR count). The van der Waals surface area contributed by atoms with Crippen molar-refractivity contribution >= 4 is 22.4 Å². The zero-order valence-corrected chi connectivity index (χ0v) is 11.6. The second kappa shape index (κ2) is 7.09. The van der Waals surface area contributed by atoms with E-state index in [1.165, 1.54) is 6.07 Å². The molecule has 0 aliphatic heterocycles. The molecule has 0 saturated carbocycles. The van der Waals surface area contributed by atoms with Gasteiger partial charge in [0.05, 0.1) is 5.02 Å². The van der Waals surface area contributed by atoms with E-state index >= 15 is 0 Å². The highest BCUT2D eigenvalue weighted by Crippen LogP contribution is 2.17. The van der Waals surface area contributed by atoms with E-state index in [4.69, 9.17) is 11.6 Å². The third-order valence-electron chi connectivity index (χ3n) is 2.64. The molecule has 1 aromatic rings. The van der Waals surface area contributed by atoms with Gasteiger partial charge in [0.15, 0.2) is 0 Å². The molecule has 0 amide bonds. The third-order valence-corrected chi connectivity index (χ3v) is 4.30. The highest BCUT2D eigenvalue weighted by Gasteiger charge is 2.07. The van der Waals surface area contributed by atoms with Gasteiger partial charge in [0, 0.05) is 34.4 Å². The summed E-state index contributed by atoms with van der Waals surface area (Å²) in [7, 11) is -0.802. The topological polar surface area (TPSA) is 29.1 Å². The molecule has 0 aliphatic carbocycles. The van der Waals surface area contributed by atoms with Gasteiger partial charge in [-0.25, -0.2) is 4.39 Å². The average Bonchev–Trinajstić information content (AvgIpc) is 2.29. The van der Waals surface area contributed by atoms with Crippen molar-refractivity contribution in [1.29, 1.82) is 0 Å². The number of hydrogen-bond acceptors (Lipinski definition) is 2. The van der Waals surface area contributed by atoms with Crippen LogP contribution in [0.1, 0.15) is 18.9 Å². The fraction of sp³-hybridized carbons (Fsp3) is 0.500. The van der Waals surface area contributed by atoms with Crippen LogP contribution < -0.4 is 5.32 Å². The van der Waals surface area contributed by atoms with Gasteiger partial charge in [0.25, 0.3) is 0 Å². The first kappa shape index (κ1) is 14.6. The fourth-order valence-corrected chi connectivity index (χ4v) is 2.02. The SMILES string of the molecule is CC(CCNCc1cccc(Cl)c1F)S(C)=O. The molecule has 0 bridgehead atoms. The molecule has 1 aromatic carbocycles. The Labute approximate surface area is 109 Å². The number of hydrogen-bond donors (Lipinski definition) is 1. The second-order valence-corrected chi connectivity index (χ2v) is 6.20. The van der Waals surface area contributed by atoms with E-state index in [0.29, 0.717) is 18.7 Å². The predicted molar refractivity (Wildman–Crippen MR) is 71.3 cm³/mol. The first-order valence-electron chi connectivity index (χ1n) is 5.48. The lowest BCUT2D eigenvalue weighted by atomic mass is 10.2. The molecule has 1 N–H and O–H groups in total. The smallest absolute Gasteiger partial charge is 0.146 e. The molecule has 0 radical (unpaired) electrons. The van der Waals surface area contributed by atoms with Gasteiger partial charge in [0.2, 0.25) is 0 Å². The highest BCUT2D eigenvalue weighted by molar-refractivity contribution is 7.84. The molecule has 0 fully saturated rings. The van der Waals surface area contributed by atoms with E-state index in [1.54, 1.807) is 18.4 Å². The van der Waals surface area contributed by atoms with E-state index in [2.05, 4.69) is 5.32 Å². The number of nitrogens with one attached hydrogen (secondary N) is 1. The van der Waals surface area contributed by atoms with Gasteiger partial charge in [-0.2, -0.15) is 0 Å². The van der Waals surface area contributed by atoms with E-state index in [-0.39, 0.29) is 16.1 Å². The molecule has 5 heteroatoms. The van der Waals surface area contributed by atoms with Crippen LogP contribution in [-0.2, 0) is 17.3 Å². The average molecular weight is 278 g/mol. The molecule has 17 heavy (non-hydrogen) atoms. The zero-order valence-electron chi connectivity index (χ0n) is 10.0. The summed E-state index contributed by atoms with van der Waals surface area (Å²) in [6.45, 7) is 3.10. The van der Waals surface area contributed by atoms with Crippen molar-refractivity contribution in [3.63, 3.8) is 0 Å². The summed E-state index contributed by atoms with van der Waals surface area (Å²) >= 11 is 5.68. The highest BCUT2D eigenvalue weighted by atomic mass is 35.5. The maximum Gasteiger partial charge on any atom is 0.146 e. The van der Waals surface area contributed by atoms with Crippen LogP contribution in [0.5, 0.6) is 0 Å². The second-order valence-electron chi connectivity index (χ2n) is 3.99. The van der Waals surface area contributed by atoms with E-state index in [0.717, 1.165) is 6.42 Å². The Hall–Kier alpha value is -0.450.